The maximum Gasteiger partial charge on any atom is 0.357 e. The maximum atomic E-state index is 10.7. The molecule has 2 N–H and O–H groups in total. The minimum atomic E-state index is -1.10. The monoisotopic (exact) mass is 266 g/mol. The molecule has 0 aliphatic carbocycles. The zero-order valence-electron chi connectivity index (χ0n) is 10.4. The number of aromatic carboxylic acids is 1. The molecule has 18 heavy (non-hydrogen) atoms. The van der Waals surface area contributed by atoms with Crippen molar-refractivity contribution in [2.75, 3.05) is 5.32 Å². The van der Waals surface area contributed by atoms with Gasteiger partial charge in [0.25, 0.3) is 6.01 Å². The van der Waals surface area contributed by atoms with E-state index in [2.05, 4.69) is 30.2 Å². The van der Waals surface area contributed by atoms with E-state index in [0.717, 1.165) is 6.26 Å². The van der Waals surface area contributed by atoms with Gasteiger partial charge in [0, 0.05) is 9.75 Å². The molecule has 2 heterocycles. The molecule has 0 bridgehead atoms. The molecule has 0 spiro atoms. The Hall–Kier alpha value is -1.82. The van der Waals surface area contributed by atoms with Gasteiger partial charge in [-0.1, -0.05) is 0 Å². The molecule has 1 unspecified atom stereocenters. The second-order valence-electron chi connectivity index (χ2n) is 4.08. The predicted octanol–water partition coefficient (Wildman–Crippen LogP) is 3.22. The first-order valence-electron chi connectivity index (χ1n) is 5.49. The first-order valence-corrected chi connectivity index (χ1v) is 6.31. The standard InChI is InChI=1S/C12H14N2O3S/c1-6-4-9(8(3)18-6)7(2)13-12-14-10(5-17-12)11(15)16/h4-5,7H,1-3H3,(H,13,14)(H,15,16). The van der Waals surface area contributed by atoms with E-state index in [1.165, 1.54) is 15.3 Å². The first kappa shape index (κ1) is 12.6. The summed E-state index contributed by atoms with van der Waals surface area (Å²) in [5.41, 5.74) is 1.08. The normalized spacial score (nSPS) is 12.4. The number of hydrogen-bond acceptors (Lipinski definition) is 5. The van der Waals surface area contributed by atoms with Crippen LogP contribution in [0, 0.1) is 13.8 Å². The van der Waals surface area contributed by atoms with Crippen LogP contribution < -0.4 is 5.32 Å². The van der Waals surface area contributed by atoms with Crippen LogP contribution in [0.4, 0.5) is 6.01 Å². The van der Waals surface area contributed by atoms with Gasteiger partial charge in [0.05, 0.1) is 6.04 Å². The number of aromatic nitrogens is 1. The number of carboxylic acids is 1. The van der Waals surface area contributed by atoms with Crippen LogP contribution in [0.5, 0.6) is 0 Å². The van der Waals surface area contributed by atoms with Gasteiger partial charge in [0.15, 0.2) is 5.69 Å². The highest BCUT2D eigenvalue weighted by Gasteiger charge is 2.15. The molecule has 2 rings (SSSR count). The Labute approximate surface area is 108 Å². The van der Waals surface area contributed by atoms with Crippen molar-refractivity contribution in [3.63, 3.8) is 0 Å². The van der Waals surface area contributed by atoms with Gasteiger partial charge in [0.1, 0.15) is 6.26 Å². The smallest absolute Gasteiger partial charge is 0.357 e. The third kappa shape index (κ3) is 2.53. The van der Waals surface area contributed by atoms with Crippen LogP contribution in [0.3, 0.4) is 0 Å². The minimum Gasteiger partial charge on any atom is -0.476 e. The molecule has 2 aromatic heterocycles. The molecule has 5 nitrogen and oxygen atoms in total. The summed E-state index contributed by atoms with van der Waals surface area (Å²) in [7, 11) is 0. The van der Waals surface area contributed by atoms with Crippen LogP contribution >= 0.6 is 11.3 Å². The Morgan fingerprint density at radius 3 is 2.78 bits per heavy atom. The summed E-state index contributed by atoms with van der Waals surface area (Å²) in [5, 5.41) is 11.8. The van der Waals surface area contributed by atoms with Gasteiger partial charge in [-0.2, -0.15) is 4.98 Å². The number of thiophene rings is 1. The topological polar surface area (TPSA) is 75.4 Å². The average Bonchev–Trinajstić information content (AvgIpc) is 2.85. The lowest BCUT2D eigenvalue weighted by atomic mass is 10.1. The highest BCUT2D eigenvalue weighted by Crippen LogP contribution is 2.28. The summed E-state index contributed by atoms with van der Waals surface area (Å²) in [6, 6.07) is 2.36. The Kier molecular flexibility index (Phi) is 3.38. The Bertz CT molecular complexity index is 574. The highest BCUT2D eigenvalue weighted by molar-refractivity contribution is 7.12. The number of hydrogen-bond donors (Lipinski definition) is 2. The van der Waals surface area contributed by atoms with E-state index in [4.69, 9.17) is 9.52 Å². The minimum absolute atomic E-state index is 0.0234. The molecule has 0 aliphatic rings. The van der Waals surface area contributed by atoms with E-state index in [1.807, 2.05) is 6.92 Å². The van der Waals surface area contributed by atoms with Gasteiger partial charge >= 0.3 is 5.97 Å². The van der Waals surface area contributed by atoms with Gasteiger partial charge in [-0.25, -0.2) is 4.79 Å². The Morgan fingerprint density at radius 2 is 2.28 bits per heavy atom. The van der Waals surface area contributed by atoms with Crippen molar-refractivity contribution in [2.24, 2.45) is 0 Å². The van der Waals surface area contributed by atoms with Gasteiger partial charge in [0.2, 0.25) is 0 Å². The summed E-state index contributed by atoms with van der Waals surface area (Å²) in [4.78, 5) is 17.0. The van der Waals surface area contributed by atoms with Crippen molar-refractivity contribution in [1.82, 2.24) is 4.98 Å². The predicted molar refractivity (Wildman–Crippen MR) is 69.3 cm³/mol. The number of aryl methyl sites for hydroxylation is 2. The van der Waals surface area contributed by atoms with Crippen molar-refractivity contribution in [1.29, 1.82) is 0 Å². The fraction of sp³-hybridized carbons (Fsp3) is 0.333. The Morgan fingerprint density at radius 1 is 1.56 bits per heavy atom. The molecule has 0 saturated heterocycles. The van der Waals surface area contributed by atoms with Crippen molar-refractivity contribution < 1.29 is 14.3 Å². The van der Waals surface area contributed by atoms with Crippen LogP contribution in [-0.2, 0) is 0 Å². The maximum absolute atomic E-state index is 10.7. The zero-order chi connectivity index (χ0) is 13.3. The molecule has 0 aromatic carbocycles. The van der Waals surface area contributed by atoms with E-state index in [9.17, 15) is 4.79 Å². The van der Waals surface area contributed by atoms with Gasteiger partial charge in [-0.05, 0) is 32.4 Å². The van der Waals surface area contributed by atoms with E-state index in [1.54, 1.807) is 11.3 Å². The number of anilines is 1. The molecule has 0 amide bonds. The molecule has 0 saturated carbocycles. The largest absolute Gasteiger partial charge is 0.476 e. The lowest BCUT2D eigenvalue weighted by molar-refractivity contribution is 0.0690. The number of nitrogens with one attached hydrogen (secondary N) is 1. The summed E-state index contributed by atoms with van der Waals surface area (Å²) < 4.78 is 5.07. The summed E-state index contributed by atoms with van der Waals surface area (Å²) in [6.45, 7) is 6.10. The van der Waals surface area contributed by atoms with Gasteiger partial charge in [-0.15, -0.1) is 11.3 Å². The number of rotatable bonds is 4. The lowest BCUT2D eigenvalue weighted by Gasteiger charge is -2.11. The fourth-order valence-electron chi connectivity index (χ4n) is 1.78. The zero-order valence-corrected chi connectivity index (χ0v) is 11.2. The summed E-state index contributed by atoms with van der Waals surface area (Å²) in [5.74, 6) is -1.10. The van der Waals surface area contributed by atoms with Crippen molar-refractivity contribution in [3.8, 4) is 0 Å². The average molecular weight is 266 g/mol. The Balaban J connectivity index is 2.13. The molecule has 6 heteroatoms. The quantitative estimate of drug-likeness (QED) is 0.888. The third-order valence-corrected chi connectivity index (χ3v) is 3.59. The third-order valence-electron chi connectivity index (χ3n) is 2.61. The van der Waals surface area contributed by atoms with Crippen LogP contribution in [0.1, 0.15) is 38.8 Å². The van der Waals surface area contributed by atoms with E-state index >= 15 is 0 Å². The molecular formula is C12H14N2O3S. The SMILES string of the molecule is Cc1cc(C(C)Nc2nc(C(=O)O)co2)c(C)s1. The second-order valence-corrected chi connectivity index (χ2v) is 5.54. The van der Waals surface area contributed by atoms with Crippen LogP contribution in [0.2, 0.25) is 0 Å². The fourth-order valence-corrected chi connectivity index (χ4v) is 2.80. The first-order chi connectivity index (χ1) is 8.47. The summed E-state index contributed by atoms with van der Waals surface area (Å²) in [6.07, 6.45) is 1.13. The number of carbonyl (C=O) groups is 1. The molecule has 0 aliphatic heterocycles. The molecule has 1 atom stereocenters. The number of nitrogens with zero attached hydrogens (tertiary/aromatic N) is 1. The highest BCUT2D eigenvalue weighted by atomic mass is 32.1. The summed E-state index contributed by atoms with van der Waals surface area (Å²) >= 11 is 1.73. The van der Waals surface area contributed by atoms with Crippen LogP contribution in [-0.4, -0.2) is 16.1 Å². The van der Waals surface area contributed by atoms with Gasteiger partial charge < -0.3 is 14.8 Å². The van der Waals surface area contributed by atoms with Gasteiger partial charge in [-0.3, -0.25) is 0 Å². The van der Waals surface area contributed by atoms with Crippen LogP contribution in [0.15, 0.2) is 16.7 Å². The van der Waals surface area contributed by atoms with Crippen molar-refractivity contribution in [2.45, 2.75) is 26.8 Å². The van der Waals surface area contributed by atoms with E-state index in [0.29, 0.717) is 0 Å². The molecule has 2 aromatic rings. The molecule has 0 fully saturated rings. The van der Waals surface area contributed by atoms with E-state index in [-0.39, 0.29) is 17.8 Å². The molecule has 0 radical (unpaired) electrons. The van der Waals surface area contributed by atoms with E-state index < -0.39 is 5.97 Å². The number of oxazole rings is 1. The van der Waals surface area contributed by atoms with Crippen LogP contribution in [0.25, 0.3) is 0 Å². The second kappa shape index (κ2) is 4.81. The molecular weight excluding hydrogens is 252 g/mol. The van der Waals surface area contributed by atoms with Crippen molar-refractivity contribution >= 4 is 23.3 Å². The molecule has 96 valence electrons. The van der Waals surface area contributed by atoms with Crippen molar-refractivity contribution in [3.05, 3.63) is 33.3 Å². The number of carboxylic acid groups (broad SMARTS) is 1. The lowest BCUT2D eigenvalue weighted by Crippen LogP contribution is -2.07.